The van der Waals surface area contributed by atoms with E-state index in [1.54, 1.807) is 17.5 Å². The van der Waals surface area contributed by atoms with Crippen LogP contribution in [0.3, 0.4) is 0 Å². The highest BCUT2D eigenvalue weighted by atomic mass is 32.1. The third kappa shape index (κ3) is 3.84. The highest BCUT2D eigenvalue weighted by Crippen LogP contribution is 2.09. The number of aromatic nitrogens is 2. The predicted molar refractivity (Wildman–Crippen MR) is 84.1 cm³/mol. The number of nitrogens with one attached hydrogen (secondary N) is 1. The first-order chi connectivity index (χ1) is 9.70. The van der Waals surface area contributed by atoms with Gasteiger partial charge in [-0.3, -0.25) is 9.67 Å². The summed E-state index contributed by atoms with van der Waals surface area (Å²) in [5.74, 6) is 0.905. The largest absolute Gasteiger partial charge is 0.351 e. The Morgan fingerprint density at radius 2 is 2.35 bits per heavy atom. The third-order valence-electron chi connectivity index (χ3n) is 3.20. The molecule has 2 aromatic heterocycles. The van der Waals surface area contributed by atoms with E-state index in [1.165, 1.54) is 4.88 Å². The third-order valence-corrected chi connectivity index (χ3v) is 4.13. The van der Waals surface area contributed by atoms with Crippen molar-refractivity contribution in [2.75, 3.05) is 20.6 Å². The van der Waals surface area contributed by atoms with Crippen LogP contribution < -0.4 is 5.32 Å². The van der Waals surface area contributed by atoms with E-state index < -0.39 is 0 Å². The lowest BCUT2D eigenvalue weighted by Crippen LogP contribution is -2.39. The van der Waals surface area contributed by atoms with E-state index in [4.69, 9.17) is 0 Å². The Balaban J connectivity index is 1.83. The average molecular weight is 291 g/mol. The zero-order valence-corrected chi connectivity index (χ0v) is 13.0. The SMILES string of the molecule is CN=C(NCc1ccnn1C)N(C)CCc1cccs1. The summed E-state index contributed by atoms with van der Waals surface area (Å²) in [5, 5.41) is 9.64. The van der Waals surface area contributed by atoms with Gasteiger partial charge >= 0.3 is 0 Å². The Kier molecular flexibility index (Phi) is 5.17. The molecule has 5 nitrogen and oxygen atoms in total. The van der Waals surface area contributed by atoms with Crippen LogP contribution in [-0.2, 0) is 20.0 Å². The van der Waals surface area contributed by atoms with Crippen molar-refractivity contribution in [1.82, 2.24) is 20.0 Å². The zero-order valence-electron chi connectivity index (χ0n) is 12.2. The quantitative estimate of drug-likeness (QED) is 0.674. The number of aryl methyl sites for hydroxylation is 1. The van der Waals surface area contributed by atoms with E-state index in [9.17, 15) is 0 Å². The van der Waals surface area contributed by atoms with Gasteiger partial charge in [0.2, 0.25) is 0 Å². The Morgan fingerprint density at radius 3 is 2.95 bits per heavy atom. The summed E-state index contributed by atoms with van der Waals surface area (Å²) >= 11 is 1.80. The van der Waals surface area contributed by atoms with E-state index in [2.05, 4.69) is 44.9 Å². The first-order valence-corrected chi connectivity index (χ1v) is 7.49. The normalized spacial score (nSPS) is 11.7. The van der Waals surface area contributed by atoms with Gasteiger partial charge in [-0.15, -0.1) is 11.3 Å². The maximum absolute atomic E-state index is 4.32. The van der Waals surface area contributed by atoms with Crippen LogP contribution in [0.1, 0.15) is 10.6 Å². The Hall–Kier alpha value is -1.82. The van der Waals surface area contributed by atoms with Gasteiger partial charge in [-0.2, -0.15) is 5.10 Å². The van der Waals surface area contributed by atoms with Gasteiger partial charge in [0.1, 0.15) is 0 Å². The van der Waals surface area contributed by atoms with E-state index >= 15 is 0 Å². The number of aliphatic imine (C=N–C) groups is 1. The average Bonchev–Trinajstić information content (AvgIpc) is 3.09. The van der Waals surface area contributed by atoms with Crippen LogP contribution in [0.2, 0.25) is 0 Å². The molecule has 0 fully saturated rings. The monoisotopic (exact) mass is 291 g/mol. The first kappa shape index (κ1) is 14.6. The molecule has 0 aliphatic heterocycles. The van der Waals surface area contributed by atoms with Crippen LogP contribution in [0.15, 0.2) is 34.8 Å². The van der Waals surface area contributed by atoms with Crippen LogP contribution >= 0.6 is 11.3 Å². The number of likely N-dealkylation sites (N-methyl/N-ethyl adjacent to an activating group) is 1. The van der Waals surface area contributed by atoms with Crippen molar-refractivity contribution in [3.63, 3.8) is 0 Å². The number of guanidine groups is 1. The maximum Gasteiger partial charge on any atom is 0.193 e. The Bertz CT molecular complexity index is 544. The van der Waals surface area contributed by atoms with Crippen LogP contribution in [0.25, 0.3) is 0 Å². The standard InChI is InChI=1S/C14H21N5S/c1-15-14(16-11-12-6-8-17-19(12)3)18(2)9-7-13-5-4-10-20-13/h4-6,8,10H,7,9,11H2,1-3H3,(H,15,16). The molecule has 0 amide bonds. The Labute approximate surface area is 123 Å². The van der Waals surface area contributed by atoms with Crippen molar-refractivity contribution in [3.05, 3.63) is 40.3 Å². The van der Waals surface area contributed by atoms with Gasteiger partial charge in [0.05, 0.1) is 12.2 Å². The molecule has 6 heteroatoms. The lowest BCUT2D eigenvalue weighted by Gasteiger charge is -2.21. The maximum atomic E-state index is 4.32. The molecule has 0 radical (unpaired) electrons. The van der Waals surface area contributed by atoms with Crippen molar-refractivity contribution in [3.8, 4) is 0 Å². The van der Waals surface area contributed by atoms with Crippen LogP contribution in [0.4, 0.5) is 0 Å². The molecule has 0 spiro atoms. The molecule has 20 heavy (non-hydrogen) atoms. The van der Waals surface area contributed by atoms with Crippen LogP contribution in [0.5, 0.6) is 0 Å². The van der Waals surface area contributed by atoms with Gasteiger partial charge in [-0.1, -0.05) is 6.07 Å². The second-order valence-electron chi connectivity index (χ2n) is 4.60. The number of hydrogen-bond acceptors (Lipinski definition) is 3. The summed E-state index contributed by atoms with van der Waals surface area (Å²) < 4.78 is 1.87. The zero-order chi connectivity index (χ0) is 14.4. The summed E-state index contributed by atoms with van der Waals surface area (Å²) in [7, 11) is 5.82. The Morgan fingerprint density at radius 1 is 1.50 bits per heavy atom. The highest BCUT2D eigenvalue weighted by molar-refractivity contribution is 7.09. The number of nitrogens with zero attached hydrogens (tertiary/aromatic N) is 4. The fraction of sp³-hybridized carbons (Fsp3) is 0.429. The molecule has 0 saturated carbocycles. The summed E-state index contributed by atoms with van der Waals surface area (Å²) in [6.45, 7) is 1.68. The molecule has 0 aliphatic rings. The van der Waals surface area contributed by atoms with Gasteiger partial charge in [0.25, 0.3) is 0 Å². The van der Waals surface area contributed by atoms with Gasteiger partial charge in [0, 0.05) is 38.8 Å². The van der Waals surface area contributed by atoms with E-state index in [0.29, 0.717) is 0 Å². The molecular formula is C14H21N5S. The van der Waals surface area contributed by atoms with Crippen molar-refractivity contribution >= 4 is 17.3 Å². The van der Waals surface area contributed by atoms with Crippen molar-refractivity contribution in [2.24, 2.45) is 12.0 Å². The minimum Gasteiger partial charge on any atom is -0.351 e. The molecule has 2 rings (SSSR count). The van der Waals surface area contributed by atoms with Gasteiger partial charge in [0.15, 0.2) is 5.96 Å². The minimum absolute atomic E-state index is 0.729. The fourth-order valence-electron chi connectivity index (χ4n) is 1.97. The van der Waals surface area contributed by atoms with Crippen LogP contribution in [-0.4, -0.2) is 41.3 Å². The van der Waals surface area contributed by atoms with E-state index in [-0.39, 0.29) is 0 Å². The molecule has 0 unspecified atom stereocenters. The molecule has 0 aliphatic carbocycles. The summed E-state index contributed by atoms with van der Waals surface area (Å²) in [4.78, 5) is 7.87. The molecule has 0 aromatic carbocycles. The number of rotatable bonds is 5. The predicted octanol–water partition coefficient (Wildman–Crippen LogP) is 1.73. The summed E-state index contributed by atoms with van der Waals surface area (Å²) in [5.41, 5.74) is 1.14. The molecule has 2 heterocycles. The van der Waals surface area contributed by atoms with Crippen molar-refractivity contribution in [1.29, 1.82) is 0 Å². The van der Waals surface area contributed by atoms with E-state index in [0.717, 1.165) is 31.2 Å². The molecular weight excluding hydrogens is 270 g/mol. The second kappa shape index (κ2) is 7.09. The second-order valence-corrected chi connectivity index (χ2v) is 5.63. The molecule has 2 aromatic rings. The van der Waals surface area contributed by atoms with Crippen molar-refractivity contribution < 1.29 is 0 Å². The number of hydrogen-bond donors (Lipinski definition) is 1. The lowest BCUT2D eigenvalue weighted by atomic mass is 10.3. The molecule has 0 bridgehead atoms. The minimum atomic E-state index is 0.729. The summed E-state index contributed by atoms with van der Waals surface area (Å²) in [6.07, 6.45) is 2.85. The van der Waals surface area contributed by atoms with Gasteiger partial charge < -0.3 is 10.2 Å². The van der Waals surface area contributed by atoms with Crippen molar-refractivity contribution in [2.45, 2.75) is 13.0 Å². The highest BCUT2D eigenvalue weighted by Gasteiger charge is 2.07. The topological polar surface area (TPSA) is 45.5 Å². The summed E-state index contributed by atoms with van der Waals surface area (Å²) in [6, 6.07) is 6.27. The number of thiophene rings is 1. The molecule has 1 N–H and O–H groups in total. The molecule has 0 saturated heterocycles. The van der Waals surface area contributed by atoms with E-state index in [1.807, 2.05) is 24.8 Å². The fourth-order valence-corrected chi connectivity index (χ4v) is 2.67. The smallest absolute Gasteiger partial charge is 0.193 e. The molecule has 108 valence electrons. The van der Waals surface area contributed by atoms with Gasteiger partial charge in [-0.05, 0) is 23.9 Å². The molecule has 0 atom stereocenters. The van der Waals surface area contributed by atoms with Crippen LogP contribution in [0, 0.1) is 0 Å². The first-order valence-electron chi connectivity index (χ1n) is 6.61. The lowest BCUT2D eigenvalue weighted by molar-refractivity contribution is 0.484. The van der Waals surface area contributed by atoms with Gasteiger partial charge in [-0.25, -0.2) is 0 Å².